The Morgan fingerprint density at radius 3 is 2.52 bits per heavy atom. The van der Waals surface area contributed by atoms with Crippen LogP contribution in [0.15, 0.2) is 28.6 Å². The SMILES string of the molecule is Nc1nnc(SCC(=O)N2CCN(c3ccc(F)cc3)CC2)s1. The van der Waals surface area contributed by atoms with Crippen LogP contribution in [0.4, 0.5) is 15.2 Å². The number of carbonyl (C=O) groups is 1. The fourth-order valence-corrected chi connectivity index (χ4v) is 3.90. The van der Waals surface area contributed by atoms with Crippen molar-refractivity contribution in [3.8, 4) is 0 Å². The Morgan fingerprint density at radius 2 is 1.91 bits per heavy atom. The summed E-state index contributed by atoms with van der Waals surface area (Å²) in [6.45, 7) is 2.81. The van der Waals surface area contributed by atoms with E-state index in [1.165, 1.54) is 35.2 Å². The van der Waals surface area contributed by atoms with Crippen LogP contribution in [-0.4, -0.2) is 52.9 Å². The maximum atomic E-state index is 13.0. The molecular formula is C14H16FN5OS2. The van der Waals surface area contributed by atoms with Crippen LogP contribution in [0.2, 0.25) is 0 Å². The van der Waals surface area contributed by atoms with Gasteiger partial charge in [0.1, 0.15) is 5.82 Å². The zero-order valence-electron chi connectivity index (χ0n) is 12.3. The Bertz CT molecular complexity index is 670. The predicted octanol–water partition coefficient (Wildman–Crippen LogP) is 1.70. The van der Waals surface area contributed by atoms with Gasteiger partial charge in [-0.1, -0.05) is 23.1 Å². The van der Waals surface area contributed by atoms with E-state index in [1.807, 2.05) is 4.90 Å². The fraction of sp³-hybridized carbons (Fsp3) is 0.357. The van der Waals surface area contributed by atoms with Crippen LogP contribution in [-0.2, 0) is 4.79 Å². The highest BCUT2D eigenvalue weighted by Crippen LogP contribution is 2.24. The van der Waals surface area contributed by atoms with Crippen molar-refractivity contribution in [1.29, 1.82) is 0 Å². The summed E-state index contributed by atoms with van der Waals surface area (Å²) in [5.41, 5.74) is 6.50. The van der Waals surface area contributed by atoms with E-state index >= 15 is 0 Å². The van der Waals surface area contributed by atoms with Crippen LogP contribution in [0.1, 0.15) is 0 Å². The molecule has 0 unspecified atom stereocenters. The number of carbonyl (C=O) groups excluding carboxylic acids is 1. The van der Waals surface area contributed by atoms with E-state index < -0.39 is 0 Å². The summed E-state index contributed by atoms with van der Waals surface area (Å²) < 4.78 is 13.7. The largest absolute Gasteiger partial charge is 0.374 e. The molecule has 1 fully saturated rings. The van der Waals surface area contributed by atoms with Crippen LogP contribution in [0.5, 0.6) is 0 Å². The first-order valence-electron chi connectivity index (χ1n) is 7.12. The number of rotatable bonds is 4. The molecule has 0 bridgehead atoms. The first kappa shape index (κ1) is 16.0. The van der Waals surface area contributed by atoms with Gasteiger partial charge in [0, 0.05) is 31.9 Å². The molecule has 0 saturated carbocycles. The van der Waals surface area contributed by atoms with Gasteiger partial charge < -0.3 is 15.5 Å². The Hall–Kier alpha value is -1.87. The first-order valence-corrected chi connectivity index (χ1v) is 8.92. The number of halogens is 1. The molecule has 6 nitrogen and oxygen atoms in total. The lowest BCUT2D eigenvalue weighted by atomic mass is 10.2. The number of amides is 1. The van der Waals surface area contributed by atoms with E-state index in [9.17, 15) is 9.18 Å². The molecule has 2 N–H and O–H groups in total. The maximum absolute atomic E-state index is 13.0. The molecule has 1 amide bonds. The molecule has 9 heteroatoms. The first-order chi connectivity index (χ1) is 11.1. The van der Waals surface area contributed by atoms with Crippen LogP contribution >= 0.6 is 23.1 Å². The van der Waals surface area contributed by atoms with Gasteiger partial charge in [0.05, 0.1) is 5.75 Å². The molecule has 23 heavy (non-hydrogen) atoms. The normalized spacial score (nSPS) is 15.0. The Labute approximate surface area is 141 Å². The third kappa shape index (κ3) is 4.11. The van der Waals surface area contributed by atoms with Crippen LogP contribution in [0.3, 0.4) is 0 Å². The zero-order valence-corrected chi connectivity index (χ0v) is 13.9. The van der Waals surface area contributed by atoms with Gasteiger partial charge in [0.25, 0.3) is 0 Å². The minimum absolute atomic E-state index is 0.0857. The van der Waals surface area contributed by atoms with Crippen molar-refractivity contribution in [1.82, 2.24) is 15.1 Å². The van der Waals surface area contributed by atoms with E-state index in [1.54, 1.807) is 12.1 Å². The van der Waals surface area contributed by atoms with E-state index in [0.29, 0.717) is 28.3 Å². The van der Waals surface area contributed by atoms with Gasteiger partial charge in [-0.05, 0) is 24.3 Å². The van der Waals surface area contributed by atoms with Crippen LogP contribution in [0.25, 0.3) is 0 Å². The molecule has 0 aliphatic carbocycles. The van der Waals surface area contributed by atoms with Crippen molar-refractivity contribution in [3.05, 3.63) is 30.1 Å². The van der Waals surface area contributed by atoms with Crippen molar-refractivity contribution in [2.24, 2.45) is 0 Å². The average molecular weight is 353 g/mol. The molecule has 0 atom stereocenters. The lowest BCUT2D eigenvalue weighted by Crippen LogP contribution is -2.49. The molecule has 3 rings (SSSR count). The van der Waals surface area contributed by atoms with Gasteiger partial charge in [-0.25, -0.2) is 4.39 Å². The second-order valence-corrected chi connectivity index (χ2v) is 7.27. The summed E-state index contributed by atoms with van der Waals surface area (Å²) in [6, 6.07) is 6.44. The molecule has 1 aromatic carbocycles. The van der Waals surface area contributed by atoms with E-state index in [-0.39, 0.29) is 11.7 Å². The summed E-state index contributed by atoms with van der Waals surface area (Å²) >= 11 is 2.64. The molecule has 2 aromatic rings. The highest BCUT2D eigenvalue weighted by molar-refractivity contribution is 8.01. The summed E-state index contributed by atoms with van der Waals surface area (Å²) in [4.78, 5) is 16.2. The highest BCUT2D eigenvalue weighted by Gasteiger charge is 2.21. The van der Waals surface area contributed by atoms with E-state index in [4.69, 9.17) is 5.73 Å². The minimum atomic E-state index is -0.239. The number of hydrogen-bond donors (Lipinski definition) is 1. The topological polar surface area (TPSA) is 75.3 Å². The number of nitrogens with zero attached hydrogens (tertiary/aromatic N) is 4. The third-order valence-electron chi connectivity index (χ3n) is 3.57. The minimum Gasteiger partial charge on any atom is -0.374 e. The third-order valence-corrected chi connectivity index (χ3v) is 5.44. The second-order valence-electron chi connectivity index (χ2n) is 5.04. The quantitative estimate of drug-likeness (QED) is 0.843. The molecule has 1 aliphatic heterocycles. The zero-order chi connectivity index (χ0) is 16.2. The summed E-state index contributed by atoms with van der Waals surface area (Å²) in [6.07, 6.45) is 0. The molecule has 122 valence electrons. The van der Waals surface area contributed by atoms with Gasteiger partial charge in [-0.2, -0.15) is 0 Å². The Morgan fingerprint density at radius 1 is 1.22 bits per heavy atom. The molecule has 0 radical (unpaired) electrons. The standard InChI is InChI=1S/C14H16FN5OS2/c15-10-1-3-11(4-2-10)19-5-7-20(8-6-19)12(21)9-22-14-18-17-13(16)23-14/h1-4H,5-9H2,(H2,16,17). The maximum Gasteiger partial charge on any atom is 0.233 e. The highest BCUT2D eigenvalue weighted by atomic mass is 32.2. The molecule has 1 aliphatic rings. The number of hydrogen-bond acceptors (Lipinski definition) is 7. The molecule has 0 spiro atoms. The molecule has 1 aromatic heterocycles. The number of benzene rings is 1. The number of nitrogens with two attached hydrogens (primary N) is 1. The average Bonchev–Trinajstić information content (AvgIpc) is 2.99. The number of thioether (sulfide) groups is 1. The number of nitrogen functional groups attached to an aromatic ring is 1. The lowest BCUT2D eigenvalue weighted by molar-refractivity contribution is -0.128. The number of piperazine rings is 1. The van der Waals surface area contributed by atoms with E-state index in [0.717, 1.165) is 18.8 Å². The van der Waals surface area contributed by atoms with Crippen LogP contribution in [0, 0.1) is 5.82 Å². The fourth-order valence-electron chi connectivity index (χ4n) is 2.36. The van der Waals surface area contributed by atoms with Crippen molar-refractivity contribution < 1.29 is 9.18 Å². The summed E-state index contributed by atoms with van der Waals surface area (Å²) in [7, 11) is 0. The molecular weight excluding hydrogens is 337 g/mol. The smallest absolute Gasteiger partial charge is 0.233 e. The van der Waals surface area contributed by atoms with Crippen molar-refractivity contribution in [2.45, 2.75) is 4.34 Å². The second kappa shape index (κ2) is 7.14. The molecule has 2 heterocycles. The lowest BCUT2D eigenvalue weighted by Gasteiger charge is -2.36. The summed E-state index contributed by atoms with van der Waals surface area (Å²) in [5.74, 6) is 0.185. The van der Waals surface area contributed by atoms with Gasteiger partial charge in [0.15, 0.2) is 4.34 Å². The van der Waals surface area contributed by atoms with Gasteiger partial charge in [0.2, 0.25) is 11.0 Å². The van der Waals surface area contributed by atoms with Gasteiger partial charge in [-0.15, -0.1) is 10.2 Å². The predicted molar refractivity (Wildman–Crippen MR) is 90.2 cm³/mol. The number of aromatic nitrogens is 2. The van der Waals surface area contributed by atoms with Crippen LogP contribution < -0.4 is 10.6 Å². The Kier molecular flexibility index (Phi) is 4.97. The van der Waals surface area contributed by atoms with Gasteiger partial charge in [-0.3, -0.25) is 4.79 Å². The van der Waals surface area contributed by atoms with Gasteiger partial charge >= 0.3 is 0 Å². The van der Waals surface area contributed by atoms with Crippen molar-refractivity contribution >= 4 is 39.8 Å². The monoisotopic (exact) mass is 353 g/mol. The molecule has 1 saturated heterocycles. The Balaban J connectivity index is 1.48. The number of anilines is 2. The van der Waals surface area contributed by atoms with E-state index in [2.05, 4.69) is 15.1 Å². The van der Waals surface area contributed by atoms with Crippen molar-refractivity contribution in [3.63, 3.8) is 0 Å². The summed E-state index contributed by atoms with van der Waals surface area (Å²) in [5, 5.41) is 8.02. The van der Waals surface area contributed by atoms with Crippen molar-refractivity contribution in [2.75, 3.05) is 42.6 Å².